The Hall–Kier alpha value is -1.14. The Morgan fingerprint density at radius 1 is 1.26 bits per heavy atom. The summed E-state index contributed by atoms with van der Waals surface area (Å²) >= 11 is 0. The van der Waals surface area contributed by atoms with E-state index in [1.165, 1.54) is 0 Å². The molecule has 0 radical (unpaired) electrons. The van der Waals surface area contributed by atoms with E-state index in [4.69, 9.17) is 10.8 Å². The van der Waals surface area contributed by atoms with Crippen molar-refractivity contribution in [3.8, 4) is 0 Å². The quantitative estimate of drug-likeness (QED) is 0.586. The molecule has 2 atom stereocenters. The Bertz CT molecular complexity index is 334. The van der Waals surface area contributed by atoms with Gasteiger partial charge in [-0.15, -0.1) is 0 Å². The predicted molar refractivity (Wildman–Crippen MR) is 70.6 cm³/mol. The summed E-state index contributed by atoms with van der Waals surface area (Å²) in [7, 11) is 0. The number of nitrogens with two attached hydrogens (primary N) is 1. The van der Waals surface area contributed by atoms with Crippen LogP contribution in [0.2, 0.25) is 0 Å². The Labute approximate surface area is 113 Å². The number of amides is 1. The summed E-state index contributed by atoms with van der Waals surface area (Å²) in [5, 5.41) is 11.3. The van der Waals surface area contributed by atoms with Crippen LogP contribution in [0.3, 0.4) is 0 Å². The Morgan fingerprint density at radius 3 is 2.47 bits per heavy atom. The van der Waals surface area contributed by atoms with Crippen LogP contribution in [-0.4, -0.2) is 53.1 Å². The van der Waals surface area contributed by atoms with Crippen molar-refractivity contribution in [2.75, 3.05) is 13.1 Å². The maximum Gasteiger partial charge on any atom is 0.303 e. The summed E-state index contributed by atoms with van der Waals surface area (Å²) in [6.45, 7) is 0.864. The van der Waals surface area contributed by atoms with Gasteiger partial charge in [0.2, 0.25) is 5.91 Å². The minimum absolute atomic E-state index is 0.00207. The molecular formula is C13H23N3O3. The van der Waals surface area contributed by atoms with Crippen LogP contribution in [-0.2, 0) is 9.59 Å². The second kappa shape index (κ2) is 6.34. The molecule has 0 aromatic rings. The Balaban J connectivity index is 1.70. The number of carbonyl (C=O) groups is 2. The molecule has 0 aromatic carbocycles. The van der Waals surface area contributed by atoms with Gasteiger partial charge in [-0.2, -0.15) is 0 Å². The maximum atomic E-state index is 11.8. The highest BCUT2D eigenvalue weighted by Gasteiger charge is 2.40. The fraction of sp³-hybridized carbons (Fsp3) is 0.846. The molecule has 2 saturated heterocycles. The van der Waals surface area contributed by atoms with Crippen LogP contribution in [0, 0.1) is 0 Å². The van der Waals surface area contributed by atoms with Crippen LogP contribution in [0.25, 0.3) is 0 Å². The number of hydrogen-bond donors (Lipinski definition) is 3. The molecule has 4 N–H and O–H groups in total. The van der Waals surface area contributed by atoms with Gasteiger partial charge < -0.3 is 16.2 Å². The zero-order valence-corrected chi connectivity index (χ0v) is 11.2. The van der Waals surface area contributed by atoms with Crippen LogP contribution in [0.1, 0.15) is 38.5 Å². The Morgan fingerprint density at radius 2 is 1.89 bits per heavy atom. The molecular weight excluding hydrogens is 246 g/mol. The van der Waals surface area contributed by atoms with Crippen molar-refractivity contribution in [3.05, 3.63) is 0 Å². The van der Waals surface area contributed by atoms with Gasteiger partial charge in [-0.25, -0.2) is 0 Å². The summed E-state index contributed by atoms with van der Waals surface area (Å²) in [6.07, 6.45) is 4.85. The van der Waals surface area contributed by atoms with E-state index in [1.54, 1.807) is 0 Å². The van der Waals surface area contributed by atoms with Gasteiger partial charge in [0.05, 0.1) is 6.54 Å². The second-order valence-corrected chi connectivity index (χ2v) is 5.64. The SMILES string of the molecule is NC1CC2CCC(C1)N2CC(=O)NCCCC(=O)O. The second-order valence-electron chi connectivity index (χ2n) is 5.64. The van der Waals surface area contributed by atoms with Crippen LogP contribution < -0.4 is 11.1 Å². The molecule has 0 aromatic heterocycles. The predicted octanol–water partition coefficient (Wildman–Crippen LogP) is -0.0785. The van der Waals surface area contributed by atoms with Crippen molar-refractivity contribution in [2.45, 2.75) is 56.7 Å². The number of rotatable bonds is 6. The number of piperidine rings is 1. The third-order valence-electron chi connectivity index (χ3n) is 4.14. The average molecular weight is 269 g/mol. The largest absolute Gasteiger partial charge is 0.481 e. The van der Waals surface area contributed by atoms with E-state index in [9.17, 15) is 9.59 Å². The zero-order chi connectivity index (χ0) is 13.8. The lowest BCUT2D eigenvalue weighted by Crippen LogP contribution is -2.50. The van der Waals surface area contributed by atoms with E-state index < -0.39 is 5.97 Å². The molecule has 2 heterocycles. The molecule has 2 aliphatic rings. The first-order chi connectivity index (χ1) is 9.06. The van der Waals surface area contributed by atoms with Crippen molar-refractivity contribution in [1.82, 2.24) is 10.2 Å². The van der Waals surface area contributed by atoms with E-state index in [2.05, 4.69) is 10.2 Å². The third kappa shape index (κ3) is 3.91. The number of nitrogens with zero attached hydrogens (tertiary/aromatic N) is 1. The summed E-state index contributed by atoms with van der Waals surface area (Å²) in [5.41, 5.74) is 5.99. The summed E-state index contributed by atoms with van der Waals surface area (Å²) in [6, 6.07) is 1.20. The van der Waals surface area contributed by atoms with Crippen LogP contribution in [0.5, 0.6) is 0 Å². The number of aliphatic carboxylic acids is 1. The van der Waals surface area contributed by atoms with Crippen molar-refractivity contribution in [3.63, 3.8) is 0 Å². The number of hydrogen-bond acceptors (Lipinski definition) is 4. The average Bonchev–Trinajstić information content (AvgIpc) is 2.58. The van der Waals surface area contributed by atoms with Gasteiger partial charge in [-0.3, -0.25) is 14.5 Å². The molecule has 19 heavy (non-hydrogen) atoms. The van der Waals surface area contributed by atoms with Gasteiger partial charge in [-0.05, 0) is 32.1 Å². The van der Waals surface area contributed by atoms with Crippen LogP contribution in [0.15, 0.2) is 0 Å². The fourth-order valence-electron chi connectivity index (χ4n) is 3.26. The molecule has 2 aliphatic heterocycles. The van der Waals surface area contributed by atoms with Gasteiger partial charge in [-0.1, -0.05) is 0 Å². The molecule has 0 spiro atoms. The molecule has 1 amide bonds. The number of carboxylic acids is 1. The maximum absolute atomic E-state index is 11.8. The lowest BCUT2D eigenvalue weighted by Gasteiger charge is -2.37. The first-order valence-electron chi connectivity index (χ1n) is 7.06. The highest BCUT2D eigenvalue weighted by atomic mass is 16.4. The minimum atomic E-state index is -0.822. The van der Waals surface area contributed by atoms with Crippen molar-refractivity contribution < 1.29 is 14.7 Å². The topological polar surface area (TPSA) is 95.7 Å². The van der Waals surface area contributed by atoms with Crippen molar-refractivity contribution in [2.24, 2.45) is 5.73 Å². The van der Waals surface area contributed by atoms with E-state index >= 15 is 0 Å². The third-order valence-corrected chi connectivity index (χ3v) is 4.14. The normalized spacial score (nSPS) is 30.3. The minimum Gasteiger partial charge on any atom is -0.481 e. The highest BCUT2D eigenvalue weighted by Crippen LogP contribution is 2.34. The monoisotopic (exact) mass is 269 g/mol. The number of carboxylic acid groups (broad SMARTS) is 1. The van der Waals surface area contributed by atoms with Crippen molar-refractivity contribution >= 4 is 11.9 Å². The Kier molecular flexibility index (Phi) is 4.76. The van der Waals surface area contributed by atoms with E-state index in [0.29, 0.717) is 31.6 Å². The highest BCUT2D eigenvalue weighted by molar-refractivity contribution is 5.78. The van der Waals surface area contributed by atoms with E-state index in [0.717, 1.165) is 25.7 Å². The van der Waals surface area contributed by atoms with Crippen molar-refractivity contribution in [1.29, 1.82) is 0 Å². The first kappa shape index (κ1) is 14.3. The molecule has 6 heteroatoms. The number of carbonyl (C=O) groups excluding carboxylic acids is 1. The standard InChI is InChI=1S/C13H23N3O3/c14-9-6-10-3-4-11(7-9)16(10)8-12(17)15-5-1-2-13(18)19/h9-11H,1-8,14H2,(H,15,17)(H,18,19). The molecule has 0 aliphatic carbocycles. The summed E-state index contributed by atoms with van der Waals surface area (Å²) in [5.74, 6) is -0.824. The van der Waals surface area contributed by atoms with Gasteiger partial charge >= 0.3 is 5.97 Å². The van der Waals surface area contributed by atoms with Gasteiger partial charge in [0, 0.05) is 31.1 Å². The van der Waals surface area contributed by atoms with Gasteiger partial charge in [0.25, 0.3) is 0 Å². The molecule has 2 bridgehead atoms. The van der Waals surface area contributed by atoms with Crippen LogP contribution >= 0.6 is 0 Å². The first-order valence-corrected chi connectivity index (χ1v) is 7.06. The summed E-state index contributed by atoms with van der Waals surface area (Å²) < 4.78 is 0. The van der Waals surface area contributed by atoms with Gasteiger partial charge in [0.15, 0.2) is 0 Å². The van der Waals surface area contributed by atoms with E-state index in [-0.39, 0.29) is 18.4 Å². The molecule has 2 rings (SSSR count). The molecule has 2 fully saturated rings. The lowest BCUT2D eigenvalue weighted by molar-refractivity contribution is -0.137. The zero-order valence-electron chi connectivity index (χ0n) is 11.2. The van der Waals surface area contributed by atoms with E-state index in [1.807, 2.05) is 0 Å². The summed E-state index contributed by atoms with van der Waals surface area (Å²) in [4.78, 5) is 24.5. The number of nitrogens with one attached hydrogen (secondary N) is 1. The molecule has 2 unspecified atom stereocenters. The van der Waals surface area contributed by atoms with Gasteiger partial charge in [0.1, 0.15) is 0 Å². The fourth-order valence-corrected chi connectivity index (χ4v) is 3.26. The smallest absolute Gasteiger partial charge is 0.303 e. The van der Waals surface area contributed by atoms with Crippen LogP contribution in [0.4, 0.5) is 0 Å². The lowest BCUT2D eigenvalue weighted by atomic mass is 9.98. The molecule has 108 valence electrons. The number of fused-ring (bicyclic) bond motifs is 2. The molecule has 6 nitrogen and oxygen atoms in total. The molecule has 0 saturated carbocycles.